The number of quaternary nitrogens is 2. The lowest BCUT2D eigenvalue weighted by molar-refractivity contribution is -0.584. The first kappa shape index (κ1) is 17.5. The fourth-order valence-electron chi connectivity index (χ4n) is 1.69. The first-order valence-corrected chi connectivity index (χ1v) is 6.93. The third-order valence-corrected chi connectivity index (χ3v) is 2.66. The number of hydrogen-bond donors (Lipinski definition) is 3. The molecule has 1 aromatic carbocycles. The van der Waals surface area contributed by atoms with Crippen LogP contribution in [0.3, 0.4) is 0 Å². The van der Waals surface area contributed by atoms with Crippen LogP contribution in [0, 0.1) is 0 Å². The van der Waals surface area contributed by atoms with Gasteiger partial charge >= 0.3 is 0 Å². The standard InChI is InChI=1S/C15H22N6O/c1-11(17-9-8-16-3)19-20-14-10-13(18-12(2)22)6-7-15(14)21(4)5/h6-10,16-17H,1H2,2-5H3,(H,18,22)/p+2. The van der Waals surface area contributed by atoms with Gasteiger partial charge in [0, 0.05) is 26.7 Å². The van der Waals surface area contributed by atoms with Crippen molar-refractivity contribution >= 4 is 23.0 Å². The van der Waals surface area contributed by atoms with E-state index in [-0.39, 0.29) is 5.91 Å². The predicted molar refractivity (Wildman–Crippen MR) is 87.6 cm³/mol. The Kier molecular flexibility index (Phi) is 6.94. The molecule has 0 aliphatic carbocycles. The van der Waals surface area contributed by atoms with Crippen molar-refractivity contribution in [3.63, 3.8) is 0 Å². The number of nitrogens with two attached hydrogens (primary N) is 2. The molecular formula is C15H24N6O+2. The minimum absolute atomic E-state index is 0.126. The Hall–Kier alpha value is -2.51. The predicted octanol–water partition coefficient (Wildman–Crippen LogP) is 0.494. The Balaban J connectivity index is 2.96. The summed E-state index contributed by atoms with van der Waals surface area (Å²) in [5.74, 6) is 0.423. The molecule has 0 saturated heterocycles. The zero-order valence-electron chi connectivity index (χ0n) is 13.5. The van der Waals surface area contributed by atoms with Gasteiger partial charge in [0.2, 0.25) is 11.7 Å². The minimum Gasteiger partial charge on any atom is -0.376 e. The van der Waals surface area contributed by atoms with Crippen LogP contribution in [0.25, 0.3) is 0 Å². The number of rotatable bonds is 7. The number of benzene rings is 1. The molecule has 0 bridgehead atoms. The molecule has 7 nitrogen and oxygen atoms in total. The number of nitrogens with one attached hydrogen (secondary N) is 1. The van der Waals surface area contributed by atoms with Crippen molar-refractivity contribution in [3.8, 4) is 0 Å². The molecule has 0 heterocycles. The Labute approximate surface area is 130 Å². The highest BCUT2D eigenvalue weighted by Gasteiger charge is 2.07. The molecule has 0 aromatic heterocycles. The second-order valence-electron chi connectivity index (χ2n) is 4.86. The third-order valence-electron chi connectivity index (χ3n) is 2.66. The monoisotopic (exact) mass is 304 g/mol. The molecule has 1 aromatic rings. The molecule has 0 saturated carbocycles. The summed E-state index contributed by atoms with van der Waals surface area (Å²) >= 11 is 0. The van der Waals surface area contributed by atoms with Gasteiger partial charge in [-0.05, 0) is 24.8 Å². The summed E-state index contributed by atoms with van der Waals surface area (Å²) in [5, 5.41) is 14.8. The van der Waals surface area contributed by atoms with Gasteiger partial charge in [-0.1, -0.05) is 5.11 Å². The Morgan fingerprint density at radius 1 is 1.36 bits per heavy atom. The molecule has 0 aliphatic rings. The topological polar surface area (TPSA) is 90.3 Å². The summed E-state index contributed by atoms with van der Waals surface area (Å²) in [4.78, 5) is 13.1. The number of amides is 1. The average molecular weight is 304 g/mol. The normalized spacial score (nSPS) is 11.1. The summed E-state index contributed by atoms with van der Waals surface area (Å²) in [7, 11) is 5.78. The third kappa shape index (κ3) is 5.86. The second kappa shape index (κ2) is 8.71. The lowest BCUT2D eigenvalue weighted by atomic mass is 10.2. The number of carbonyl (C=O) groups excluding carboxylic acids is 1. The van der Waals surface area contributed by atoms with Crippen molar-refractivity contribution in [2.24, 2.45) is 10.2 Å². The van der Waals surface area contributed by atoms with Crippen LogP contribution in [0.15, 0.2) is 53.2 Å². The van der Waals surface area contributed by atoms with E-state index in [0.29, 0.717) is 17.2 Å². The first-order chi connectivity index (χ1) is 10.4. The van der Waals surface area contributed by atoms with E-state index >= 15 is 0 Å². The maximum Gasteiger partial charge on any atom is 0.241 e. The highest BCUT2D eigenvalue weighted by molar-refractivity contribution is 5.90. The lowest BCUT2D eigenvalue weighted by Crippen LogP contribution is -2.80. The van der Waals surface area contributed by atoms with E-state index in [1.165, 1.54) is 6.92 Å². The zero-order chi connectivity index (χ0) is 16.5. The van der Waals surface area contributed by atoms with Gasteiger partial charge in [0.05, 0.1) is 12.7 Å². The molecular weight excluding hydrogens is 280 g/mol. The SMILES string of the molecule is C=C(N=Nc1cc(NC(C)=O)ccc1N(C)C)[NH2+]C=C[NH2+]C. The largest absolute Gasteiger partial charge is 0.376 e. The van der Waals surface area contributed by atoms with Gasteiger partial charge in [0.15, 0.2) is 6.20 Å². The first-order valence-electron chi connectivity index (χ1n) is 6.93. The summed E-state index contributed by atoms with van der Waals surface area (Å²) < 4.78 is 0. The molecule has 7 heteroatoms. The van der Waals surface area contributed by atoms with Crippen molar-refractivity contribution < 1.29 is 15.4 Å². The van der Waals surface area contributed by atoms with Crippen LogP contribution in [0.2, 0.25) is 0 Å². The summed E-state index contributed by atoms with van der Waals surface area (Å²) in [6.07, 6.45) is 3.74. The van der Waals surface area contributed by atoms with E-state index in [1.807, 2.05) is 55.9 Å². The van der Waals surface area contributed by atoms with Crippen molar-refractivity contribution in [2.45, 2.75) is 6.92 Å². The van der Waals surface area contributed by atoms with Crippen LogP contribution < -0.4 is 20.9 Å². The summed E-state index contributed by atoms with van der Waals surface area (Å²) in [6.45, 7) is 5.29. The van der Waals surface area contributed by atoms with Gasteiger partial charge in [-0.15, -0.1) is 5.11 Å². The molecule has 0 aliphatic heterocycles. The number of anilines is 2. The maximum atomic E-state index is 11.2. The van der Waals surface area contributed by atoms with Crippen molar-refractivity contribution in [2.75, 3.05) is 31.4 Å². The Morgan fingerprint density at radius 3 is 2.68 bits per heavy atom. The van der Waals surface area contributed by atoms with Crippen LogP contribution >= 0.6 is 0 Å². The Bertz CT molecular complexity index is 592. The van der Waals surface area contributed by atoms with Crippen molar-refractivity contribution in [1.29, 1.82) is 0 Å². The van der Waals surface area contributed by atoms with Gasteiger partial charge in [-0.2, -0.15) is 0 Å². The molecule has 1 rings (SSSR count). The molecule has 0 fully saturated rings. The van der Waals surface area contributed by atoms with E-state index in [2.05, 4.69) is 22.1 Å². The van der Waals surface area contributed by atoms with Gasteiger partial charge < -0.3 is 15.5 Å². The number of azo groups is 1. The van der Waals surface area contributed by atoms with Crippen LogP contribution in [0.4, 0.5) is 17.1 Å². The van der Waals surface area contributed by atoms with Crippen molar-refractivity contribution in [1.82, 2.24) is 0 Å². The summed E-state index contributed by atoms with van der Waals surface area (Å²) in [5.41, 5.74) is 2.25. The van der Waals surface area contributed by atoms with E-state index in [0.717, 1.165) is 5.69 Å². The molecule has 0 spiro atoms. The fraction of sp³-hybridized carbons (Fsp3) is 0.267. The van der Waals surface area contributed by atoms with E-state index < -0.39 is 0 Å². The molecule has 1 amide bonds. The number of nitrogens with zero attached hydrogens (tertiary/aromatic N) is 3. The van der Waals surface area contributed by atoms with Crippen LogP contribution in [0.1, 0.15) is 6.92 Å². The molecule has 5 N–H and O–H groups in total. The van der Waals surface area contributed by atoms with Gasteiger partial charge in [-0.3, -0.25) is 10.1 Å². The molecule has 0 radical (unpaired) electrons. The van der Waals surface area contributed by atoms with Gasteiger partial charge in [0.1, 0.15) is 11.9 Å². The minimum atomic E-state index is -0.126. The molecule has 0 atom stereocenters. The van der Waals surface area contributed by atoms with Gasteiger partial charge in [-0.25, -0.2) is 0 Å². The smallest absolute Gasteiger partial charge is 0.241 e. The maximum absolute atomic E-state index is 11.2. The molecule has 22 heavy (non-hydrogen) atoms. The highest BCUT2D eigenvalue weighted by atomic mass is 16.1. The van der Waals surface area contributed by atoms with Crippen molar-refractivity contribution in [3.05, 3.63) is 43.0 Å². The average Bonchev–Trinajstić information content (AvgIpc) is 2.44. The molecule has 0 unspecified atom stereocenters. The van der Waals surface area contributed by atoms with Crippen LogP contribution in [-0.2, 0) is 4.79 Å². The second-order valence-corrected chi connectivity index (χ2v) is 4.86. The van der Waals surface area contributed by atoms with E-state index in [9.17, 15) is 4.79 Å². The number of hydrogen-bond acceptors (Lipinski definition) is 4. The lowest BCUT2D eigenvalue weighted by Gasteiger charge is -2.15. The van der Waals surface area contributed by atoms with E-state index in [4.69, 9.17) is 0 Å². The zero-order valence-corrected chi connectivity index (χ0v) is 13.5. The Morgan fingerprint density at radius 2 is 2.09 bits per heavy atom. The number of carbonyl (C=O) groups is 1. The summed E-state index contributed by atoms with van der Waals surface area (Å²) in [6, 6.07) is 5.50. The van der Waals surface area contributed by atoms with Crippen LogP contribution in [-0.4, -0.2) is 27.1 Å². The molecule has 118 valence electrons. The quantitative estimate of drug-likeness (QED) is 0.640. The van der Waals surface area contributed by atoms with Gasteiger partial charge in [0.25, 0.3) is 0 Å². The highest BCUT2D eigenvalue weighted by Crippen LogP contribution is 2.31. The van der Waals surface area contributed by atoms with Crippen LogP contribution in [0.5, 0.6) is 0 Å². The fourth-order valence-corrected chi connectivity index (χ4v) is 1.69. The van der Waals surface area contributed by atoms with E-state index in [1.54, 1.807) is 11.4 Å².